The van der Waals surface area contributed by atoms with Crippen LogP contribution in [-0.4, -0.2) is 16.9 Å². The van der Waals surface area contributed by atoms with Gasteiger partial charge in [-0.25, -0.2) is 0 Å². The van der Waals surface area contributed by atoms with E-state index in [0.717, 1.165) is 27.6 Å². The molecule has 1 aliphatic heterocycles. The molecule has 1 aromatic carbocycles. The lowest BCUT2D eigenvalue weighted by Crippen LogP contribution is -2.37. The molecule has 3 heterocycles. The van der Waals surface area contributed by atoms with E-state index in [2.05, 4.69) is 82.3 Å². The summed E-state index contributed by atoms with van der Waals surface area (Å²) < 4.78 is 6.48. The molecule has 3 nitrogen and oxygen atoms in total. The van der Waals surface area contributed by atoms with Gasteiger partial charge in [-0.3, -0.25) is 4.98 Å². The minimum atomic E-state index is -0.258. The van der Waals surface area contributed by atoms with Crippen LogP contribution in [-0.2, 0) is 5.54 Å². The number of allylic oxidation sites excluding steroid dienone is 2. The molecule has 0 amide bonds. The van der Waals surface area contributed by atoms with Gasteiger partial charge in [0, 0.05) is 24.2 Å². The predicted octanol–water partition coefficient (Wildman–Crippen LogP) is 5.64. The Morgan fingerprint density at radius 1 is 1.16 bits per heavy atom. The van der Waals surface area contributed by atoms with Gasteiger partial charge in [-0.15, -0.1) is 0 Å². The second kappa shape index (κ2) is 5.48. The van der Waals surface area contributed by atoms with E-state index >= 15 is 0 Å². The van der Waals surface area contributed by atoms with E-state index in [9.17, 15) is 0 Å². The normalized spacial score (nSPS) is 20.3. The predicted molar refractivity (Wildman–Crippen MR) is 104 cm³/mol. The summed E-state index contributed by atoms with van der Waals surface area (Å²) in [6, 6.07) is 6.37. The first-order valence-corrected chi connectivity index (χ1v) is 8.83. The first-order chi connectivity index (χ1) is 11.9. The van der Waals surface area contributed by atoms with Gasteiger partial charge in [0.2, 0.25) is 0 Å². The van der Waals surface area contributed by atoms with Gasteiger partial charge in [0.05, 0.1) is 5.54 Å². The molecule has 0 saturated carbocycles. The SMILES string of the molecule is Cc1cnc2c(oc3c(C(C)C)cccc32)c1C1(C)C=CC=CN1C. The Morgan fingerprint density at radius 2 is 1.96 bits per heavy atom. The fraction of sp³-hybridized carbons (Fsp3) is 0.318. The summed E-state index contributed by atoms with van der Waals surface area (Å²) in [5, 5.41) is 1.10. The lowest BCUT2D eigenvalue weighted by atomic mass is 9.86. The number of para-hydroxylation sites is 1. The number of rotatable bonds is 2. The number of fused-ring (bicyclic) bond motifs is 3. The summed E-state index contributed by atoms with van der Waals surface area (Å²) in [5.74, 6) is 0.407. The maximum absolute atomic E-state index is 6.48. The summed E-state index contributed by atoms with van der Waals surface area (Å²) in [6.45, 7) is 8.74. The van der Waals surface area contributed by atoms with Gasteiger partial charge >= 0.3 is 0 Å². The van der Waals surface area contributed by atoms with Crippen LogP contribution >= 0.6 is 0 Å². The van der Waals surface area contributed by atoms with Crippen LogP contribution in [0, 0.1) is 6.92 Å². The monoisotopic (exact) mass is 332 g/mol. The zero-order valence-electron chi connectivity index (χ0n) is 15.5. The summed E-state index contributed by atoms with van der Waals surface area (Å²) in [5.41, 5.74) is 6.13. The van der Waals surface area contributed by atoms with Crippen LogP contribution in [0.25, 0.3) is 22.1 Å². The zero-order chi connectivity index (χ0) is 17.8. The molecule has 0 N–H and O–H groups in total. The van der Waals surface area contributed by atoms with Crippen molar-refractivity contribution in [3.63, 3.8) is 0 Å². The maximum atomic E-state index is 6.48. The molecule has 0 aliphatic carbocycles. The van der Waals surface area contributed by atoms with Gasteiger partial charge in [-0.1, -0.05) is 38.1 Å². The molecule has 0 radical (unpaired) electrons. The van der Waals surface area contributed by atoms with Crippen molar-refractivity contribution in [3.8, 4) is 0 Å². The number of pyridine rings is 1. The van der Waals surface area contributed by atoms with Crippen molar-refractivity contribution in [3.05, 3.63) is 65.5 Å². The summed E-state index contributed by atoms with van der Waals surface area (Å²) in [7, 11) is 2.11. The summed E-state index contributed by atoms with van der Waals surface area (Å²) in [6.07, 6.45) is 10.5. The van der Waals surface area contributed by atoms with E-state index < -0.39 is 0 Å². The van der Waals surface area contributed by atoms with E-state index in [1.807, 2.05) is 6.20 Å². The molecular weight excluding hydrogens is 308 g/mol. The van der Waals surface area contributed by atoms with E-state index in [0.29, 0.717) is 5.92 Å². The fourth-order valence-electron chi connectivity index (χ4n) is 3.87. The van der Waals surface area contributed by atoms with Crippen molar-refractivity contribution >= 4 is 22.1 Å². The Labute approximate surface area is 148 Å². The fourth-order valence-corrected chi connectivity index (χ4v) is 3.87. The maximum Gasteiger partial charge on any atom is 0.160 e. The summed E-state index contributed by atoms with van der Waals surface area (Å²) >= 11 is 0. The number of likely N-dealkylation sites (N-methyl/N-ethyl adjacent to an activating group) is 1. The average molecular weight is 332 g/mol. The third-order valence-corrected chi connectivity index (χ3v) is 5.43. The number of hydrogen-bond donors (Lipinski definition) is 0. The van der Waals surface area contributed by atoms with Gasteiger partial charge in [-0.2, -0.15) is 0 Å². The van der Waals surface area contributed by atoms with Crippen LogP contribution in [0.3, 0.4) is 0 Å². The standard InChI is InChI=1S/C22H24N2O/c1-14(2)16-9-8-10-17-19-21(25-20(16)17)18(15(3)13-23-19)22(4)11-6-7-12-24(22)5/h6-14H,1-5H3. The number of nitrogens with zero attached hydrogens (tertiary/aromatic N) is 2. The smallest absolute Gasteiger partial charge is 0.160 e. The third-order valence-electron chi connectivity index (χ3n) is 5.43. The van der Waals surface area contributed by atoms with Crippen LogP contribution in [0.4, 0.5) is 0 Å². The van der Waals surface area contributed by atoms with Crippen LogP contribution < -0.4 is 0 Å². The van der Waals surface area contributed by atoms with Crippen LogP contribution in [0.1, 0.15) is 43.4 Å². The van der Waals surface area contributed by atoms with Gasteiger partial charge in [0.15, 0.2) is 5.58 Å². The number of furan rings is 1. The molecule has 3 heteroatoms. The van der Waals surface area contributed by atoms with Crippen molar-refractivity contribution in [2.45, 2.75) is 39.2 Å². The molecule has 128 valence electrons. The van der Waals surface area contributed by atoms with E-state index in [1.165, 1.54) is 11.1 Å². The molecule has 0 fully saturated rings. The highest BCUT2D eigenvalue weighted by atomic mass is 16.3. The highest BCUT2D eigenvalue weighted by Gasteiger charge is 2.34. The Bertz CT molecular complexity index is 1030. The topological polar surface area (TPSA) is 29.3 Å². The lowest BCUT2D eigenvalue weighted by molar-refractivity contribution is 0.261. The van der Waals surface area contributed by atoms with E-state index in [4.69, 9.17) is 9.40 Å². The number of benzene rings is 1. The number of aromatic nitrogens is 1. The number of hydrogen-bond acceptors (Lipinski definition) is 3. The van der Waals surface area contributed by atoms with E-state index in [-0.39, 0.29) is 5.54 Å². The highest BCUT2D eigenvalue weighted by molar-refractivity contribution is 6.05. The minimum Gasteiger partial charge on any atom is -0.454 e. The van der Waals surface area contributed by atoms with Gasteiger partial charge in [-0.05, 0) is 49.2 Å². The van der Waals surface area contributed by atoms with Crippen molar-refractivity contribution in [2.75, 3.05) is 7.05 Å². The Kier molecular flexibility index (Phi) is 3.50. The van der Waals surface area contributed by atoms with Crippen molar-refractivity contribution in [1.29, 1.82) is 0 Å². The molecule has 0 bridgehead atoms. The second-order valence-electron chi connectivity index (χ2n) is 7.43. The molecule has 1 unspecified atom stereocenters. The van der Waals surface area contributed by atoms with Crippen LogP contribution in [0.15, 0.2) is 53.2 Å². The molecule has 25 heavy (non-hydrogen) atoms. The molecule has 1 atom stereocenters. The first-order valence-electron chi connectivity index (χ1n) is 8.83. The van der Waals surface area contributed by atoms with E-state index in [1.54, 1.807) is 0 Å². The molecule has 0 saturated heterocycles. The minimum absolute atomic E-state index is 0.258. The summed E-state index contributed by atoms with van der Waals surface area (Å²) in [4.78, 5) is 6.95. The Balaban J connectivity index is 2.10. The third kappa shape index (κ3) is 2.22. The van der Waals surface area contributed by atoms with Gasteiger partial charge < -0.3 is 9.32 Å². The molecule has 1 aliphatic rings. The number of aryl methyl sites for hydroxylation is 1. The Hall–Kier alpha value is -2.55. The van der Waals surface area contributed by atoms with Crippen LogP contribution in [0.5, 0.6) is 0 Å². The largest absolute Gasteiger partial charge is 0.454 e. The van der Waals surface area contributed by atoms with Gasteiger partial charge in [0.25, 0.3) is 0 Å². The first kappa shape index (κ1) is 15.9. The quantitative estimate of drug-likeness (QED) is 0.608. The molecule has 0 spiro atoms. The molecular formula is C22H24N2O. The molecule has 3 aromatic rings. The molecule has 2 aromatic heterocycles. The molecule has 4 rings (SSSR count). The van der Waals surface area contributed by atoms with Crippen LogP contribution in [0.2, 0.25) is 0 Å². The van der Waals surface area contributed by atoms with Crippen molar-refractivity contribution < 1.29 is 4.42 Å². The zero-order valence-corrected chi connectivity index (χ0v) is 15.5. The second-order valence-corrected chi connectivity index (χ2v) is 7.43. The van der Waals surface area contributed by atoms with Crippen molar-refractivity contribution in [2.24, 2.45) is 0 Å². The average Bonchev–Trinajstić information content (AvgIpc) is 2.95. The Morgan fingerprint density at radius 3 is 2.68 bits per heavy atom. The van der Waals surface area contributed by atoms with Gasteiger partial charge in [0.1, 0.15) is 11.1 Å². The van der Waals surface area contributed by atoms with Crippen molar-refractivity contribution in [1.82, 2.24) is 9.88 Å². The highest BCUT2D eigenvalue weighted by Crippen LogP contribution is 2.41. The lowest BCUT2D eigenvalue weighted by Gasteiger charge is -2.38.